The monoisotopic (exact) mass is 488 g/mol. The van der Waals surface area contributed by atoms with Crippen LogP contribution in [-0.2, 0) is 14.3 Å². The summed E-state index contributed by atoms with van der Waals surface area (Å²) >= 11 is 0. The minimum Gasteiger partial charge on any atom is -0.493 e. The predicted molar refractivity (Wildman–Crippen MR) is 128 cm³/mol. The van der Waals surface area contributed by atoms with E-state index in [1.165, 1.54) is 9.80 Å². The number of nitrogens with two attached hydrogens (primary N) is 1. The summed E-state index contributed by atoms with van der Waals surface area (Å²) in [6.07, 6.45) is 1.40. The first-order chi connectivity index (χ1) is 16.6. The van der Waals surface area contributed by atoms with E-state index in [0.29, 0.717) is 24.3 Å². The van der Waals surface area contributed by atoms with Gasteiger partial charge in [0.15, 0.2) is 0 Å². The third-order valence-electron chi connectivity index (χ3n) is 6.55. The molecule has 3 heterocycles. The second kappa shape index (κ2) is 10.4. The third kappa shape index (κ3) is 6.05. The fourth-order valence-electron chi connectivity index (χ4n) is 4.68. The fourth-order valence-corrected chi connectivity index (χ4v) is 4.68. The molecule has 1 aromatic rings. The standard InChI is InChI=1S/C25H36N4O6/c1-25(2,3)35-24(32)28-11-12-29-19(15-28)22(30)27-14-21-18(26)9-8-16(34-21)10-13-33-20-7-5-4-6-17(20)23(29)31/h4-7,16,18-19,21H,8-15,26H2,1-3H3,(H,27,30)/t16-,18+,19-,21+/m0/s1. The van der Waals surface area contributed by atoms with Gasteiger partial charge in [0, 0.05) is 32.1 Å². The maximum atomic E-state index is 13.6. The Morgan fingerprint density at radius 1 is 1.14 bits per heavy atom. The summed E-state index contributed by atoms with van der Waals surface area (Å²) in [5.41, 5.74) is 5.98. The van der Waals surface area contributed by atoms with Crippen LogP contribution in [0, 0.1) is 0 Å². The first-order valence-electron chi connectivity index (χ1n) is 12.3. The second-order valence-corrected chi connectivity index (χ2v) is 10.4. The molecular weight excluding hydrogens is 452 g/mol. The molecule has 35 heavy (non-hydrogen) atoms. The van der Waals surface area contributed by atoms with Gasteiger partial charge < -0.3 is 35.1 Å². The van der Waals surface area contributed by atoms with Crippen LogP contribution in [0.15, 0.2) is 24.3 Å². The van der Waals surface area contributed by atoms with Gasteiger partial charge in [-0.05, 0) is 45.7 Å². The zero-order chi connectivity index (χ0) is 25.2. The van der Waals surface area contributed by atoms with Gasteiger partial charge in [-0.1, -0.05) is 12.1 Å². The summed E-state index contributed by atoms with van der Waals surface area (Å²) < 4.78 is 17.7. The van der Waals surface area contributed by atoms with Crippen molar-refractivity contribution in [3.05, 3.63) is 29.8 Å². The second-order valence-electron chi connectivity index (χ2n) is 10.4. The number of nitrogens with zero attached hydrogens (tertiary/aromatic N) is 2. The minimum atomic E-state index is -0.893. The summed E-state index contributed by atoms with van der Waals surface area (Å²) in [6, 6.07) is 5.95. The number of hydrogen-bond acceptors (Lipinski definition) is 7. The van der Waals surface area contributed by atoms with E-state index in [1.54, 1.807) is 39.0 Å². The molecule has 2 saturated heterocycles. The van der Waals surface area contributed by atoms with E-state index < -0.39 is 17.7 Å². The zero-order valence-corrected chi connectivity index (χ0v) is 20.7. The highest BCUT2D eigenvalue weighted by Gasteiger charge is 2.40. The van der Waals surface area contributed by atoms with Crippen LogP contribution in [0.4, 0.5) is 4.79 Å². The Kier molecular flexibility index (Phi) is 7.51. The highest BCUT2D eigenvalue weighted by Crippen LogP contribution is 2.26. The number of carbonyl (C=O) groups excluding carboxylic acids is 3. The SMILES string of the molecule is CC(C)(C)OC(=O)N1CCN2C(=O)c3ccccc3OCC[C@@H]3CC[C@@H](N)[C@@H](CNC(=O)[C@@H]2C1)O3. The van der Waals surface area contributed by atoms with Gasteiger partial charge in [-0.2, -0.15) is 0 Å². The molecule has 0 spiro atoms. The normalized spacial score (nSPS) is 28.1. The lowest BCUT2D eigenvalue weighted by molar-refractivity contribution is -0.129. The number of ether oxygens (including phenoxy) is 3. The predicted octanol–water partition coefficient (Wildman–Crippen LogP) is 1.52. The van der Waals surface area contributed by atoms with Crippen molar-refractivity contribution in [1.29, 1.82) is 0 Å². The molecule has 192 valence electrons. The molecule has 0 unspecified atom stereocenters. The van der Waals surface area contributed by atoms with Gasteiger partial charge in [0.05, 0.1) is 30.9 Å². The first kappa shape index (κ1) is 25.2. The maximum absolute atomic E-state index is 13.6. The molecule has 3 aliphatic heterocycles. The fraction of sp³-hybridized carbons (Fsp3) is 0.640. The van der Waals surface area contributed by atoms with Crippen LogP contribution in [0.5, 0.6) is 5.75 Å². The Labute approximate surface area is 206 Å². The van der Waals surface area contributed by atoms with Gasteiger partial charge in [0.25, 0.3) is 5.91 Å². The van der Waals surface area contributed by atoms with Crippen molar-refractivity contribution in [2.45, 2.75) is 69.9 Å². The molecule has 0 radical (unpaired) electrons. The number of amides is 3. The van der Waals surface area contributed by atoms with E-state index in [9.17, 15) is 14.4 Å². The molecule has 3 aliphatic rings. The Balaban J connectivity index is 1.62. The third-order valence-corrected chi connectivity index (χ3v) is 6.55. The summed E-state index contributed by atoms with van der Waals surface area (Å²) in [6.45, 7) is 6.47. The molecule has 0 aliphatic carbocycles. The number of para-hydroxylation sites is 1. The summed E-state index contributed by atoms with van der Waals surface area (Å²) in [5, 5.41) is 2.93. The molecule has 10 nitrogen and oxygen atoms in total. The largest absolute Gasteiger partial charge is 0.493 e. The van der Waals surface area contributed by atoms with E-state index in [2.05, 4.69) is 5.32 Å². The van der Waals surface area contributed by atoms with E-state index in [-0.39, 0.29) is 56.2 Å². The van der Waals surface area contributed by atoms with Gasteiger partial charge in [-0.15, -0.1) is 0 Å². The van der Waals surface area contributed by atoms with Gasteiger partial charge in [-0.3, -0.25) is 9.59 Å². The summed E-state index contributed by atoms with van der Waals surface area (Å²) in [7, 11) is 0. The van der Waals surface area contributed by atoms with Crippen molar-refractivity contribution in [3.63, 3.8) is 0 Å². The molecule has 0 saturated carbocycles. The molecule has 2 fully saturated rings. The van der Waals surface area contributed by atoms with Crippen molar-refractivity contribution in [2.75, 3.05) is 32.8 Å². The van der Waals surface area contributed by atoms with Gasteiger partial charge >= 0.3 is 6.09 Å². The smallest absolute Gasteiger partial charge is 0.410 e. The van der Waals surface area contributed by atoms with E-state index >= 15 is 0 Å². The van der Waals surface area contributed by atoms with Gasteiger partial charge in [-0.25, -0.2) is 4.79 Å². The van der Waals surface area contributed by atoms with Crippen LogP contribution in [0.3, 0.4) is 0 Å². The van der Waals surface area contributed by atoms with Crippen LogP contribution < -0.4 is 15.8 Å². The van der Waals surface area contributed by atoms with Crippen LogP contribution in [0.2, 0.25) is 0 Å². The molecule has 4 atom stereocenters. The number of benzene rings is 1. The molecular formula is C25H36N4O6. The average Bonchev–Trinajstić information content (AvgIpc) is 2.82. The van der Waals surface area contributed by atoms with Crippen molar-refractivity contribution < 1.29 is 28.6 Å². The molecule has 4 rings (SSSR count). The molecule has 2 bridgehead atoms. The number of nitrogens with one attached hydrogen (secondary N) is 1. The topological polar surface area (TPSA) is 123 Å². The van der Waals surface area contributed by atoms with Crippen molar-refractivity contribution in [2.24, 2.45) is 5.73 Å². The zero-order valence-electron chi connectivity index (χ0n) is 20.7. The Hall–Kier alpha value is -2.85. The molecule has 1 aromatic carbocycles. The molecule has 3 amide bonds. The van der Waals surface area contributed by atoms with Crippen molar-refractivity contribution >= 4 is 17.9 Å². The van der Waals surface area contributed by atoms with E-state index in [1.807, 2.05) is 6.07 Å². The van der Waals surface area contributed by atoms with E-state index in [0.717, 1.165) is 12.8 Å². The quantitative estimate of drug-likeness (QED) is 0.568. The number of fused-ring (bicyclic) bond motifs is 4. The highest BCUT2D eigenvalue weighted by atomic mass is 16.6. The number of hydrogen-bond donors (Lipinski definition) is 2. The number of carbonyl (C=O) groups is 3. The lowest BCUT2D eigenvalue weighted by atomic mass is 9.97. The average molecular weight is 489 g/mol. The van der Waals surface area contributed by atoms with Gasteiger partial charge in [0.1, 0.15) is 17.4 Å². The van der Waals surface area contributed by atoms with Crippen LogP contribution >= 0.6 is 0 Å². The van der Waals surface area contributed by atoms with Crippen LogP contribution in [0.1, 0.15) is 50.4 Å². The number of rotatable bonds is 0. The van der Waals surface area contributed by atoms with Crippen molar-refractivity contribution in [1.82, 2.24) is 15.1 Å². The van der Waals surface area contributed by atoms with Crippen LogP contribution in [-0.4, -0.2) is 90.4 Å². The highest BCUT2D eigenvalue weighted by molar-refractivity contribution is 6.00. The Morgan fingerprint density at radius 2 is 1.91 bits per heavy atom. The van der Waals surface area contributed by atoms with E-state index in [4.69, 9.17) is 19.9 Å². The summed E-state index contributed by atoms with van der Waals surface area (Å²) in [5.74, 6) is -0.206. The molecule has 10 heteroatoms. The van der Waals surface area contributed by atoms with Crippen LogP contribution in [0.25, 0.3) is 0 Å². The number of piperazine rings is 1. The minimum absolute atomic E-state index is 0.0235. The first-order valence-corrected chi connectivity index (χ1v) is 12.3. The maximum Gasteiger partial charge on any atom is 0.410 e. The Bertz CT molecular complexity index is 948. The lowest BCUT2D eigenvalue weighted by Crippen LogP contribution is -2.62. The molecule has 0 aromatic heterocycles. The van der Waals surface area contributed by atoms with Gasteiger partial charge in [0.2, 0.25) is 5.91 Å². The Morgan fingerprint density at radius 3 is 2.69 bits per heavy atom. The van der Waals surface area contributed by atoms with Crippen molar-refractivity contribution in [3.8, 4) is 5.75 Å². The summed E-state index contributed by atoms with van der Waals surface area (Å²) in [4.78, 5) is 42.7. The lowest BCUT2D eigenvalue weighted by Gasteiger charge is -2.41. The molecule has 3 N–H and O–H groups in total.